The van der Waals surface area contributed by atoms with Gasteiger partial charge in [-0.05, 0) is 30.5 Å². The van der Waals surface area contributed by atoms with E-state index < -0.39 is 0 Å². The molecule has 1 saturated carbocycles. The van der Waals surface area contributed by atoms with Crippen LogP contribution >= 0.6 is 15.9 Å². The third-order valence-electron chi connectivity index (χ3n) is 2.90. The highest BCUT2D eigenvalue weighted by Crippen LogP contribution is 2.45. The number of hydrogen-bond acceptors (Lipinski definition) is 2. The molecule has 1 aliphatic rings. The van der Waals surface area contributed by atoms with E-state index in [1.807, 2.05) is 0 Å². The number of benzene rings is 1. The number of nitrogens with one attached hydrogen (secondary N) is 1. The molecular weight excluding hydrogens is 254 g/mol. The van der Waals surface area contributed by atoms with Crippen LogP contribution < -0.4 is 5.32 Å². The Kier molecular flexibility index (Phi) is 3.44. The number of methoxy groups -OCH3 is 1. The van der Waals surface area contributed by atoms with Gasteiger partial charge in [-0.25, -0.2) is 0 Å². The van der Waals surface area contributed by atoms with Gasteiger partial charge in [0.25, 0.3) is 0 Å². The van der Waals surface area contributed by atoms with Crippen molar-refractivity contribution in [2.75, 3.05) is 20.3 Å². The SMILES string of the molecule is COCCNC1(c2cccc(Br)c2)CC1. The van der Waals surface area contributed by atoms with Crippen LogP contribution in [0.1, 0.15) is 18.4 Å². The molecule has 2 rings (SSSR count). The van der Waals surface area contributed by atoms with E-state index in [1.165, 1.54) is 18.4 Å². The predicted molar refractivity (Wildman–Crippen MR) is 64.9 cm³/mol. The third kappa shape index (κ3) is 2.60. The molecule has 15 heavy (non-hydrogen) atoms. The van der Waals surface area contributed by atoms with Gasteiger partial charge in [0.05, 0.1) is 6.61 Å². The maximum absolute atomic E-state index is 5.05. The summed E-state index contributed by atoms with van der Waals surface area (Å²) < 4.78 is 6.21. The van der Waals surface area contributed by atoms with E-state index >= 15 is 0 Å². The molecule has 1 N–H and O–H groups in total. The first kappa shape index (κ1) is 11.1. The lowest BCUT2D eigenvalue weighted by atomic mass is 10.1. The van der Waals surface area contributed by atoms with Crippen molar-refractivity contribution in [3.05, 3.63) is 34.3 Å². The van der Waals surface area contributed by atoms with E-state index in [1.54, 1.807) is 7.11 Å². The maximum atomic E-state index is 5.05. The van der Waals surface area contributed by atoms with Crippen molar-refractivity contribution in [1.82, 2.24) is 5.32 Å². The topological polar surface area (TPSA) is 21.3 Å². The molecule has 1 aliphatic carbocycles. The second kappa shape index (κ2) is 4.64. The molecule has 0 saturated heterocycles. The summed E-state index contributed by atoms with van der Waals surface area (Å²) in [7, 11) is 1.74. The molecule has 0 spiro atoms. The van der Waals surface area contributed by atoms with Crippen LogP contribution in [0.3, 0.4) is 0 Å². The van der Waals surface area contributed by atoms with Crippen LogP contribution in [0.2, 0.25) is 0 Å². The summed E-state index contributed by atoms with van der Waals surface area (Å²) in [6, 6.07) is 8.55. The van der Waals surface area contributed by atoms with Gasteiger partial charge in [0.2, 0.25) is 0 Å². The lowest BCUT2D eigenvalue weighted by Crippen LogP contribution is -2.31. The standard InChI is InChI=1S/C12H16BrNO/c1-15-8-7-14-12(5-6-12)10-3-2-4-11(13)9-10/h2-4,9,14H,5-8H2,1H3. The molecule has 0 aromatic heterocycles. The van der Waals surface area contributed by atoms with Crippen LogP contribution in [0.5, 0.6) is 0 Å². The maximum Gasteiger partial charge on any atom is 0.0587 e. The number of halogens is 1. The molecule has 2 nitrogen and oxygen atoms in total. The van der Waals surface area contributed by atoms with Gasteiger partial charge in [-0.2, -0.15) is 0 Å². The zero-order valence-electron chi connectivity index (χ0n) is 8.92. The van der Waals surface area contributed by atoms with Gasteiger partial charge in [-0.3, -0.25) is 0 Å². The van der Waals surface area contributed by atoms with Crippen molar-refractivity contribution in [2.24, 2.45) is 0 Å². The summed E-state index contributed by atoms with van der Waals surface area (Å²) in [6.07, 6.45) is 2.46. The van der Waals surface area contributed by atoms with Crippen LogP contribution in [-0.4, -0.2) is 20.3 Å². The number of ether oxygens (including phenoxy) is 1. The Balaban J connectivity index is 2.02. The van der Waals surface area contributed by atoms with Gasteiger partial charge < -0.3 is 10.1 Å². The summed E-state index contributed by atoms with van der Waals surface area (Å²) in [5, 5.41) is 3.57. The van der Waals surface area contributed by atoms with E-state index in [9.17, 15) is 0 Å². The van der Waals surface area contributed by atoms with Crippen LogP contribution in [0.25, 0.3) is 0 Å². The summed E-state index contributed by atoms with van der Waals surface area (Å²) in [5.74, 6) is 0. The zero-order chi connectivity index (χ0) is 10.7. The average Bonchev–Trinajstić information content (AvgIpc) is 3.00. The van der Waals surface area contributed by atoms with Gasteiger partial charge >= 0.3 is 0 Å². The fourth-order valence-corrected chi connectivity index (χ4v) is 2.27. The molecule has 0 bridgehead atoms. The molecule has 82 valence electrons. The van der Waals surface area contributed by atoms with Crippen LogP contribution in [0.4, 0.5) is 0 Å². The lowest BCUT2D eigenvalue weighted by molar-refractivity contribution is 0.194. The van der Waals surface area contributed by atoms with Crippen molar-refractivity contribution in [3.8, 4) is 0 Å². The highest BCUT2D eigenvalue weighted by Gasteiger charge is 2.43. The molecule has 0 radical (unpaired) electrons. The van der Waals surface area contributed by atoms with E-state index in [0.29, 0.717) is 0 Å². The van der Waals surface area contributed by atoms with Gasteiger partial charge in [0.1, 0.15) is 0 Å². The Labute approximate surface area is 99.1 Å². The number of hydrogen-bond donors (Lipinski definition) is 1. The Bertz CT molecular complexity index is 336. The molecule has 3 heteroatoms. The Hall–Kier alpha value is -0.380. The van der Waals surface area contributed by atoms with Crippen molar-refractivity contribution < 1.29 is 4.74 Å². The lowest BCUT2D eigenvalue weighted by Gasteiger charge is -2.17. The second-order valence-corrected chi connectivity index (χ2v) is 4.93. The molecule has 0 atom stereocenters. The first-order valence-electron chi connectivity index (χ1n) is 5.27. The van der Waals surface area contributed by atoms with Crippen molar-refractivity contribution in [1.29, 1.82) is 0 Å². The highest BCUT2D eigenvalue weighted by molar-refractivity contribution is 9.10. The van der Waals surface area contributed by atoms with Crippen LogP contribution in [0, 0.1) is 0 Å². The Morgan fingerprint density at radius 2 is 2.27 bits per heavy atom. The molecule has 1 aromatic rings. The smallest absolute Gasteiger partial charge is 0.0587 e. The van der Waals surface area contributed by atoms with Gasteiger partial charge in [-0.15, -0.1) is 0 Å². The van der Waals surface area contributed by atoms with Crippen molar-refractivity contribution in [3.63, 3.8) is 0 Å². The predicted octanol–water partition coefficient (Wildman–Crippen LogP) is 2.67. The highest BCUT2D eigenvalue weighted by atomic mass is 79.9. The number of rotatable bonds is 5. The second-order valence-electron chi connectivity index (χ2n) is 4.01. The van der Waals surface area contributed by atoms with Gasteiger partial charge in [-0.1, -0.05) is 28.1 Å². The summed E-state index contributed by atoms with van der Waals surface area (Å²) in [4.78, 5) is 0. The van der Waals surface area contributed by atoms with Gasteiger partial charge in [0, 0.05) is 23.7 Å². The third-order valence-corrected chi connectivity index (χ3v) is 3.39. The first-order valence-corrected chi connectivity index (χ1v) is 6.06. The Morgan fingerprint density at radius 1 is 1.47 bits per heavy atom. The average molecular weight is 270 g/mol. The molecule has 1 aromatic carbocycles. The molecular formula is C12H16BrNO. The van der Waals surface area contributed by atoms with E-state index in [-0.39, 0.29) is 5.54 Å². The zero-order valence-corrected chi connectivity index (χ0v) is 10.5. The van der Waals surface area contributed by atoms with E-state index in [4.69, 9.17) is 4.74 Å². The minimum Gasteiger partial charge on any atom is -0.383 e. The van der Waals surface area contributed by atoms with Crippen LogP contribution in [-0.2, 0) is 10.3 Å². The molecule has 0 aliphatic heterocycles. The molecule has 0 heterocycles. The van der Waals surface area contributed by atoms with Gasteiger partial charge in [0.15, 0.2) is 0 Å². The first-order chi connectivity index (χ1) is 7.27. The van der Waals surface area contributed by atoms with Crippen LogP contribution in [0.15, 0.2) is 28.7 Å². The monoisotopic (exact) mass is 269 g/mol. The largest absolute Gasteiger partial charge is 0.383 e. The van der Waals surface area contributed by atoms with E-state index in [0.717, 1.165) is 17.6 Å². The van der Waals surface area contributed by atoms with Crippen molar-refractivity contribution in [2.45, 2.75) is 18.4 Å². The summed E-state index contributed by atoms with van der Waals surface area (Å²) in [5.41, 5.74) is 1.61. The fourth-order valence-electron chi connectivity index (χ4n) is 1.87. The fraction of sp³-hybridized carbons (Fsp3) is 0.500. The summed E-state index contributed by atoms with van der Waals surface area (Å²) >= 11 is 3.51. The quantitative estimate of drug-likeness (QED) is 0.830. The molecule has 0 amide bonds. The minimum absolute atomic E-state index is 0.225. The molecule has 0 unspecified atom stereocenters. The Morgan fingerprint density at radius 3 is 2.87 bits per heavy atom. The summed E-state index contributed by atoms with van der Waals surface area (Å²) in [6.45, 7) is 1.69. The molecule has 1 fully saturated rings. The minimum atomic E-state index is 0.225. The van der Waals surface area contributed by atoms with E-state index in [2.05, 4.69) is 45.5 Å². The van der Waals surface area contributed by atoms with Crippen molar-refractivity contribution >= 4 is 15.9 Å². The normalized spacial score (nSPS) is 17.7.